The molecule has 1 aliphatic heterocycles. The lowest BCUT2D eigenvalue weighted by molar-refractivity contribution is -0.128. The third-order valence-electron chi connectivity index (χ3n) is 5.75. The van der Waals surface area contributed by atoms with Gasteiger partial charge in [0.2, 0.25) is 5.91 Å². The van der Waals surface area contributed by atoms with Gasteiger partial charge < -0.3 is 15.0 Å². The first-order valence-corrected chi connectivity index (χ1v) is 10.9. The Balaban J connectivity index is 1.57. The maximum Gasteiger partial charge on any atom is 0.338 e. The molecule has 31 heavy (non-hydrogen) atoms. The molecule has 164 valence electrons. The largest absolute Gasteiger partial charge is 0.449 e. The van der Waals surface area contributed by atoms with Crippen molar-refractivity contribution in [3.05, 3.63) is 65.2 Å². The number of amides is 2. The minimum atomic E-state index is -0.931. The van der Waals surface area contributed by atoms with Gasteiger partial charge in [0.05, 0.1) is 5.56 Å². The van der Waals surface area contributed by atoms with E-state index in [1.54, 1.807) is 19.1 Å². The Hall–Kier alpha value is -3.15. The van der Waals surface area contributed by atoms with Crippen LogP contribution in [0.15, 0.2) is 48.5 Å². The predicted molar refractivity (Wildman–Crippen MR) is 120 cm³/mol. The summed E-state index contributed by atoms with van der Waals surface area (Å²) in [6, 6.07) is 14.6. The molecule has 0 aromatic heterocycles. The molecule has 1 heterocycles. The van der Waals surface area contributed by atoms with E-state index in [9.17, 15) is 14.4 Å². The number of likely N-dealkylation sites (tertiary alicyclic amines) is 1. The minimum absolute atomic E-state index is 0.165. The Labute approximate surface area is 183 Å². The molecule has 2 atom stereocenters. The second kappa shape index (κ2) is 10.2. The molecule has 1 N–H and O–H groups in total. The van der Waals surface area contributed by atoms with Crippen molar-refractivity contribution in [2.24, 2.45) is 0 Å². The van der Waals surface area contributed by atoms with Crippen molar-refractivity contribution in [3.63, 3.8) is 0 Å². The summed E-state index contributed by atoms with van der Waals surface area (Å²) in [6.45, 7) is 7.09. The van der Waals surface area contributed by atoms with Gasteiger partial charge in [0.25, 0.3) is 5.91 Å². The Morgan fingerprint density at radius 1 is 1.10 bits per heavy atom. The molecule has 0 aliphatic carbocycles. The first-order chi connectivity index (χ1) is 14.9. The fourth-order valence-electron chi connectivity index (χ4n) is 3.61. The molecule has 3 rings (SSSR count). The molecule has 1 aliphatic rings. The molecule has 0 bridgehead atoms. The van der Waals surface area contributed by atoms with Gasteiger partial charge in [-0.3, -0.25) is 9.59 Å². The van der Waals surface area contributed by atoms with E-state index in [-0.39, 0.29) is 11.8 Å². The number of nitrogens with one attached hydrogen (secondary N) is 1. The van der Waals surface area contributed by atoms with Crippen LogP contribution in [0.4, 0.5) is 5.69 Å². The highest BCUT2D eigenvalue weighted by Crippen LogP contribution is 2.26. The molecule has 1 saturated heterocycles. The molecule has 0 saturated carbocycles. The number of hydrogen-bond acceptors (Lipinski definition) is 4. The molecule has 0 radical (unpaired) electrons. The summed E-state index contributed by atoms with van der Waals surface area (Å²) in [5, 5.41) is 2.88. The Bertz CT molecular complexity index is 939. The Kier molecular flexibility index (Phi) is 7.45. The van der Waals surface area contributed by atoms with E-state index in [2.05, 4.69) is 19.2 Å². The zero-order valence-electron chi connectivity index (χ0n) is 18.4. The first-order valence-electron chi connectivity index (χ1n) is 10.9. The zero-order chi connectivity index (χ0) is 22.4. The number of esters is 1. The summed E-state index contributed by atoms with van der Waals surface area (Å²) in [7, 11) is 0. The summed E-state index contributed by atoms with van der Waals surface area (Å²) in [4.78, 5) is 38.6. The molecule has 2 unspecified atom stereocenters. The Morgan fingerprint density at radius 2 is 1.81 bits per heavy atom. The van der Waals surface area contributed by atoms with Crippen molar-refractivity contribution in [3.8, 4) is 0 Å². The van der Waals surface area contributed by atoms with Crippen LogP contribution in [-0.4, -0.2) is 35.3 Å². The fraction of sp³-hybridized carbons (Fsp3) is 0.400. The van der Waals surface area contributed by atoms with E-state index in [0.717, 1.165) is 36.2 Å². The monoisotopic (exact) mass is 422 g/mol. The molecule has 6 heteroatoms. The van der Waals surface area contributed by atoms with Gasteiger partial charge in [-0.1, -0.05) is 44.2 Å². The van der Waals surface area contributed by atoms with E-state index in [1.807, 2.05) is 41.3 Å². The van der Waals surface area contributed by atoms with E-state index < -0.39 is 12.1 Å². The maximum atomic E-state index is 12.6. The summed E-state index contributed by atoms with van der Waals surface area (Å²) in [5.41, 5.74) is 3.13. The van der Waals surface area contributed by atoms with Crippen LogP contribution in [-0.2, 0) is 20.9 Å². The van der Waals surface area contributed by atoms with E-state index in [1.165, 1.54) is 0 Å². The standard InChI is InChI=1S/C25H30N2O4/c1-4-17(2)21-8-5-6-9-22(21)26-24(29)18(3)31-25(30)20-13-11-19(12-14-20)16-27-15-7-10-23(27)28/h5-6,8-9,11-14,17-18H,4,7,10,15-16H2,1-3H3,(H,26,29). The van der Waals surface area contributed by atoms with E-state index in [0.29, 0.717) is 24.4 Å². The lowest BCUT2D eigenvalue weighted by atomic mass is 9.97. The van der Waals surface area contributed by atoms with Gasteiger partial charge in [0.15, 0.2) is 6.10 Å². The van der Waals surface area contributed by atoms with Gasteiger partial charge in [-0.2, -0.15) is 0 Å². The Morgan fingerprint density at radius 3 is 2.45 bits per heavy atom. The number of ether oxygens (including phenoxy) is 1. The van der Waals surface area contributed by atoms with Crippen LogP contribution in [0.3, 0.4) is 0 Å². The highest BCUT2D eigenvalue weighted by Gasteiger charge is 2.22. The lowest BCUT2D eigenvalue weighted by Crippen LogP contribution is -2.30. The maximum absolute atomic E-state index is 12.6. The van der Waals surface area contributed by atoms with E-state index in [4.69, 9.17) is 4.74 Å². The van der Waals surface area contributed by atoms with Crippen LogP contribution in [0, 0.1) is 0 Å². The van der Waals surface area contributed by atoms with Crippen LogP contribution in [0.25, 0.3) is 0 Å². The molecular weight excluding hydrogens is 392 g/mol. The molecular formula is C25H30N2O4. The molecule has 2 aromatic carbocycles. The van der Waals surface area contributed by atoms with Gasteiger partial charge in [-0.15, -0.1) is 0 Å². The van der Waals surface area contributed by atoms with Gasteiger partial charge >= 0.3 is 5.97 Å². The van der Waals surface area contributed by atoms with Crippen LogP contribution in [0.1, 0.15) is 67.4 Å². The highest BCUT2D eigenvalue weighted by atomic mass is 16.5. The number of rotatable bonds is 8. The smallest absolute Gasteiger partial charge is 0.338 e. The van der Waals surface area contributed by atoms with Crippen LogP contribution >= 0.6 is 0 Å². The fourth-order valence-corrected chi connectivity index (χ4v) is 3.61. The number of carbonyl (C=O) groups excluding carboxylic acids is 3. The van der Waals surface area contributed by atoms with Crippen molar-refractivity contribution < 1.29 is 19.1 Å². The predicted octanol–water partition coefficient (Wildman–Crippen LogP) is 4.51. The van der Waals surface area contributed by atoms with Gasteiger partial charge in [-0.25, -0.2) is 4.79 Å². The van der Waals surface area contributed by atoms with Crippen LogP contribution in [0.5, 0.6) is 0 Å². The first kappa shape index (κ1) is 22.5. The molecule has 1 fully saturated rings. The molecule has 6 nitrogen and oxygen atoms in total. The SMILES string of the molecule is CCC(C)c1ccccc1NC(=O)C(C)OC(=O)c1ccc(CN2CCCC2=O)cc1. The molecule has 0 spiro atoms. The third kappa shape index (κ3) is 5.72. The van der Waals surface area contributed by atoms with Crippen molar-refractivity contribution in [1.82, 2.24) is 4.90 Å². The second-order valence-corrected chi connectivity index (χ2v) is 8.05. The number of benzene rings is 2. The molecule has 2 aromatic rings. The topological polar surface area (TPSA) is 75.7 Å². The summed E-state index contributed by atoms with van der Waals surface area (Å²) in [6.07, 6.45) is 1.52. The minimum Gasteiger partial charge on any atom is -0.449 e. The van der Waals surface area contributed by atoms with Gasteiger partial charge in [-0.05, 0) is 55.0 Å². The number of hydrogen-bond donors (Lipinski definition) is 1. The van der Waals surface area contributed by atoms with Crippen molar-refractivity contribution in [2.75, 3.05) is 11.9 Å². The van der Waals surface area contributed by atoms with Gasteiger partial charge in [0.1, 0.15) is 0 Å². The zero-order valence-corrected chi connectivity index (χ0v) is 18.4. The van der Waals surface area contributed by atoms with Crippen LogP contribution < -0.4 is 5.32 Å². The average Bonchev–Trinajstić information content (AvgIpc) is 3.18. The van der Waals surface area contributed by atoms with Crippen molar-refractivity contribution >= 4 is 23.5 Å². The summed E-state index contributed by atoms with van der Waals surface area (Å²) in [5.74, 6) is -0.447. The summed E-state index contributed by atoms with van der Waals surface area (Å²) >= 11 is 0. The number of carbonyl (C=O) groups is 3. The van der Waals surface area contributed by atoms with Crippen LogP contribution in [0.2, 0.25) is 0 Å². The third-order valence-corrected chi connectivity index (χ3v) is 5.75. The lowest BCUT2D eigenvalue weighted by Gasteiger charge is -2.18. The van der Waals surface area contributed by atoms with Crippen molar-refractivity contribution in [1.29, 1.82) is 0 Å². The van der Waals surface area contributed by atoms with E-state index >= 15 is 0 Å². The number of para-hydroxylation sites is 1. The van der Waals surface area contributed by atoms with Crippen molar-refractivity contribution in [2.45, 2.75) is 58.6 Å². The number of anilines is 1. The van der Waals surface area contributed by atoms with Gasteiger partial charge in [0, 0.05) is 25.2 Å². The summed E-state index contributed by atoms with van der Waals surface area (Å²) < 4.78 is 5.37. The molecule has 2 amide bonds. The highest BCUT2D eigenvalue weighted by molar-refractivity contribution is 5.97. The average molecular weight is 423 g/mol. The quantitative estimate of drug-likeness (QED) is 0.635. The number of nitrogens with zero attached hydrogens (tertiary/aromatic N) is 1. The second-order valence-electron chi connectivity index (χ2n) is 8.05. The normalized spacial score (nSPS) is 15.5.